The Morgan fingerprint density at radius 3 is 2.45 bits per heavy atom. The van der Waals surface area contributed by atoms with Crippen LogP contribution in [0.5, 0.6) is 17.4 Å². The van der Waals surface area contributed by atoms with Crippen LogP contribution in [0, 0.1) is 0 Å². The number of carbonyl (C=O) groups is 1. The molecule has 0 atom stereocenters. The molecular weight excluding hydrogens is 264 g/mol. The highest BCUT2D eigenvalue weighted by atomic mass is 16.5. The van der Waals surface area contributed by atoms with Gasteiger partial charge in [-0.2, -0.15) is 0 Å². The van der Waals surface area contributed by atoms with E-state index in [4.69, 9.17) is 18.7 Å². The molecule has 2 rings (SSSR count). The highest BCUT2D eigenvalue weighted by molar-refractivity contribution is 6.02. The van der Waals surface area contributed by atoms with E-state index in [0.717, 1.165) is 0 Å². The summed E-state index contributed by atoms with van der Waals surface area (Å²) in [4.78, 5) is 11.9. The van der Waals surface area contributed by atoms with E-state index in [-0.39, 0.29) is 11.6 Å². The van der Waals surface area contributed by atoms with Crippen LogP contribution in [0.4, 0.5) is 5.69 Å². The zero-order chi connectivity index (χ0) is 14.5. The first-order valence-electron chi connectivity index (χ1n) is 5.72. The number of hydrogen-bond donors (Lipinski definition) is 1. The second-order valence-electron chi connectivity index (χ2n) is 3.76. The predicted molar refractivity (Wildman–Crippen MR) is 70.6 cm³/mol. The van der Waals surface area contributed by atoms with Gasteiger partial charge >= 0.3 is 0 Å². The van der Waals surface area contributed by atoms with Gasteiger partial charge in [0.15, 0.2) is 11.5 Å². The van der Waals surface area contributed by atoms with Gasteiger partial charge in [-0.25, -0.2) is 0 Å². The number of anilines is 1. The monoisotopic (exact) mass is 278 g/mol. The van der Waals surface area contributed by atoms with Crippen molar-refractivity contribution in [2.24, 2.45) is 0 Å². The van der Waals surface area contributed by atoms with Crippen molar-refractivity contribution in [1.82, 2.24) is 5.16 Å². The van der Waals surface area contributed by atoms with Crippen molar-refractivity contribution in [1.29, 1.82) is 0 Å². The second-order valence-corrected chi connectivity index (χ2v) is 3.76. The molecule has 0 fully saturated rings. The summed E-state index contributed by atoms with van der Waals surface area (Å²) in [5, 5.41) is 6.21. The number of aromatic nitrogens is 1. The number of amides is 1. The first-order chi connectivity index (χ1) is 9.67. The van der Waals surface area contributed by atoms with Crippen LogP contribution in [0.2, 0.25) is 0 Å². The predicted octanol–water partition coefficient (Wildman–Crippen LogP) is 1.95. The molecule has 7 nitrogen and oxygen atoms in total. The minimum absolute atomic E-state index is 0.0524. The summed E-state index contributed by atoms with van der Waals surface area (Å²) < 4.78 is 20.0. The van der Waals surface area contributed by atoms with Gasteiger partial charge in [0.1, 0.15) is 0 Å². The molecule has 2 aromatic rings. The molecule has 0 unspecified atom stereocenters. The Hall–Kier alpha value is -2.70. The largest absolute Gasteiger partial charge is 0.493 e. The summed E-state index contributed by atoms with van der Waals surface area (Å²) >= 11 is 0. The number of methoxy groups -OCH3 is 3. The van der Waals surface area contributed by atoms with E-state index in [1.165, 1.54) is 27.4 Å². The molecule has 1 aromatic heterocycles. The summed E-state index contributed by atoms with van der Waals surface area (Å²) in [7, 11) is 4.50. The molecule has 0 saturated carbocycles. The van der Waals surface area contributed by atoms with Gasteiger partial charge in [0.25, 0.3) is 11.8 Å². The highest BCUT2D eigenvalue weighted by Crippen LogP contribution is 2.29. The molecule has 0 spiro atoms. The van der Waals surface area contributed by atoms with Crippen molar-refractivity contribution < 1.29 is 23.5 Å². The fraction of sp³-hybridized carbons (Fsp3) is 0.231. The smallest absolute Gasteiger partial charge is 0.294 e. The van der Waals surface area contributed by atoms with Crippen molar-refractivity contribution in [2.45, 2.75) is 0 Å². The lowest BCUT2D eigenvalue weighted by Gasteiger charge is -2.09. The molecule has 1 heterocycles. The van der Waals surface area contributed by atoms with Crippen molar-refractivity contribution in [3.63, 3.8) is 0 Å². The molecule has 20 heavy (non-hydrogen) atoms. The van der Waals surface area contributed by atoms with Crippen LogP contribution < -0.4 is 19.5 Å². The first-order valence-corrected chi connectivity index (χ1v) is 5.72. The normalized spacial score (nSPS) is 9.95. The number of benzene rings is 1. The second kappa shape index (κ2) is 5.96. The van der Waals surface area contributed by atoms with Gasteiger partial charge in [-0.1, -0.05) is 0 Å². The fourth-order valence-electron chi connectivity index (χ4n) is 1.57. The van der Waals surface area contributed by atoms with Crippen LogP contribution in [0.15, 0.2) is 28.8 Å². The first kappa shape index (κ1) is 13.7. The summed E-state index contributed by atoms with van der Waals surface area (Å²) in [6.45, 7) is 0. The van der Waals surface area contributed by atoms with Crippen LogP contribution in [-0.4, -0.2) is 32.4 Å². The Bertz CT molecular complexity index is 609. The molecule has 1 amide bonds. The molecule has 7 heteroatoms. The van der Waals surface area contributed by atoms with Gasteiger partial charge in [-0.15, -0.1) is 0 Å². The molecular formula is C13H14N2O5. The Morgan fingerprint density at radius 1 is 1.10 bits per heavy atom. The van der Waals surface area contributed by atoms with E-state index in [9.17, 15) is 4.79 Å². The number of nitrogens with one attached hydrogen (secondary N) is 1. The van der Waals surface area contributed by atoms with Gasteiger partial charge in [-0.3, -0.25) is 4.79 Å². The minimum atomic E-state index is -0.437. The highest BCUT2D eigenvalue weighted by Gasteiger charge is 2.14. The van der Waals surface area contributed by atoms with E-state index in [1.54, 1.807) is 18.2 Å². The molecule has 0 aliphatic carbocycles. The minimum Gasteiger partial charge on any atom is -0.493 e. The zero-order valence-corrected chi connectivity index (χ0v) is 11.3. The topological polar surface area (TPSA) is 82.8 Å². The lowest BCUT2D eigenvalue weighted by Crippen LogP contribution is -2.11. The Balaban J connectivity index is 2.15. The maximum Gasteiger partial charge on any atom is 0.294 e. The van der Waals surface area contributed by atoms with Crippen LogP contribution in [-0.2, 0) is 0 Å². The standard InChI is InChI=1S/C13H14N2O5/c1-17-9-5-4-8(6-10(9)18-2)14-13(16)11-7-12(19-3)15-20-11/h4-7H,1-3H3,(H,14,16). The Morgan fingerprint density at radius 2 is 1.85 bits per heavy atom. The van der Waals surface area contributed by atoms with Gasteiger partial charge in [0.05, 0.1) is 27.4 Å². The number of nitrogens with zero attached hydrogens (tertiary/aromatic N) is 1. The number of carbonyl (C=O) groups excluding carboxylic acids is 1. The molecule has 1 N–H and O–H groups in total. The van der Waals surface area contributed by atoms with E-state index in [1.807, 2.05) is 0 Å². The van der Waals surface area contributed by atoms with Gasteiger partial charge in [0.2, 0.25) is 5.76 Å². The number of ether oxygens (including phenoxy) is 3. The lowest BCUT2D eigenvalue weighted by atomic mass is 10.2. The molecule has 0 saturated heterocycles. The zero-order valence-electron chi connectivity index (χ0n) is 11.3. The Labute approximate surface area is 115 Å². The molecule has 0 aliphatic rings. The maximum atomic E-state index is 11.9. The molecule has 106 valence electrons. The van der Waals surface area contributed by atoms with Crippen molar-refractivity contribution in [3.05, 3.63) is 30.0 Å². The number of rotatable bonds is 5. The Kier molecular flexibility index (Phi) is 4.09. The van der Waals surface area contributed by atoms with Crippen molar-refractivity contribution in [3.8, 4) is 17.4 Å². The average Bonchev–Trinajstić information content (AvgIpc) is 2.96. The van der Waals surface area contributed by atoms with Crippen molar-refractivity contribution >= 4 is 11.6 Å². The van der Waals surface area contributed by atoms with Gasteiger partial charge in [0, 0.05) is 11.8 Å². The molecule has 0 bridgehead atoms. The number of hydrogen-bond acceptors (Lipinski definition) is 6. The van der Waals surface area contributed by atoms with E-state index < -0.39 is 5.91 Å². The van der Waals surface area contributed by atoms with Crippen molar-refractivity contribution in [2.75, 3.05) is 26.6 Å². The quantitative estimate of drug-likeness (QED) is 0.900. The average molecular weight is 278 g/mol. The van der Waals surface area contributed by atoms with E-state index in [2.05, 4.69) is 10.5 Å². The SMILES string of the molecule is COc1cc(C(=O)Nc2ccc(OC)c(OC)c2)on1. The third kappa shape index (κ3) is 2.82. The van der Waals surface area contributed by atoms with Crippen LogP contribution in [0.1, 0.15) is 10.6 Å². The summed E-state index contributed by atoms with van der Waals surface area (Å²) in [5.41, 5.74) is 0.544. The third-order valence-electron chi connectivity index (χ3n) is 2.56. The van der Waals surface area contributed by atoms with Gasteiger partial charge in [-0.05, 0) is 17.3 Å². The lowest BCUT2D eigenvalue weighted by molar-refractivity contribution is 0.0987. The fourth-order valence-corrected chi connectivity index (χ4v) is 1.57. The molecule has 1 aromatic carbocycles. The van der Waals surface area contributed by atoms with Crippen LogP contribution >= 0.6 is 0 Å². The molecule has 0 radical (unpaired) electrons. The van der Waals surface area contributed by atoms with Crippen LogP contribution in [0.25, 0.3) is 0 Å². The van der Waals surface area contributed by atoms with Gasteiger partial charge < -0.3 is 24.1 Å². The van der Waals surface area contributed by atoms with E-state index in [0.29, 0.717) is 17.2 Å². The van der Waals surface area contributed by atoms with Crippen LogP contribution in [0.3, 0.4) is 0 Å². The summed E-state index contributed by atoms with van der Waals surface area (Å²) in [6.07, 6.45) is 0. The maximum absolute atomic E-state index is 11.9. The summed E-state index contributed by atoms with van der Waals surface area (Å²) in [6, 6.07) is 6.42. The summed E-state index contributed by atoms with van der Waals surface area (Å²) in [5.74, 6) is 0.944. The van der Waals surface area contributed by atoms with E-state index >= 15 is 0 Å². The third-order valence-corrected chi connectivity index (χ3v) is 2.56. The molecule has 0 aliphatic heterocycles.